The van der Waals surface area contributed by atoms with Gasteiger partial charge >= 0.3 is 0 Å². The van der Waals surface area contributed by atoms with Crippen LogP contribution in [0.1, 0.15) is 11.3 Å². The topological polar surface area (TPSA) is 94.5 Å². The number of para-hydroxylation sites is 1. The number of hydrogen-bond acceptors (Lipinski definition) is 5. The van der Waals surface area contributed by atoms with Gasteiger partial charge in [-0.25, -0.2) is 12.8 Å². The number of benzene rings is 2. The van der Waals surface area contributed by atoms with Gasteiger partial charge in [0.1, 0.15) is 23.0 Å². The van der Waals surface area contributed by atoms with E-state index in [0.717, 1.165) is 4.57 Å². The molecule has 0 bridgehead atoms. The Kier molecular flexibility index (Phi) is 6.26. The summed E-state index contributed by atoms with van der Waals surface area (Å²) in [4.78, 5) is 25.1. The third-order valence-corrected chi connectivity index (χ3v) is 6.66. The van der Waals surface area contributed by atoms with Gasteiger partial charge in [-0.1, -0.05) is 12.1 Å². The fourth-order valence-electron chi connectivity index (χ4n) is 3.20. The Morgan fingerprint density at radius 1 is 1.10 bits per heavy atom. The molecule has 1 heterocycles. The lowest BCUT2D eigenvalue weighted by atomic mass is 10.2. The van der Waals surface area contributed by atoms with Crippen molar-refractivity contribution in [2.45, 2.75) is 30.2 Å². The molecule has 0 aliphatic rings. The summed E-state index contributed by atoms with van der Waals surface area (Å²) in [7, 11) is -2.69. The number of aromatic nitrogens is 1. The summed E-state index contributed by atoms with van der Waals surface area (Å²) >= 11 is 0. The Labute approximate surface area is 179 Å². The number of pyridine rings is 1. The highest BCUT2D eigenvalue weighted by Crippen LogP contribution is 2.24. The van der Waals surface area contributed by atoms with Crippen LogP contribution in [0.2, 0.25) is 0 Å². The number of anilines is 1. The Morgan fingerprint density at radius 3 is 2.35 bits per heavy atom. The average Bonchev–Trinajstić information content (AvgIpc) is 2.72. The summed E-state index contributed by atoms with van der Waals surface area (Å²) in [5, 5.41) is 2.39. The lowest BCUT2D eigenvalue weighted by molar-refractivity contribution is -0.116. The highest BCUT2D eigenvalue weighted by molar-refractivity contribution is 7.91. The van der Waals surface area contributed by atoms with Crippen molar-refractivity contribution < 1.29 is 22.3 Å². The van der Waals surface area contributed by atoms with Crippen molar-refractivity contribution in [1.29, 1.82) is 0 Å². The van der Waals surface area contributed by atoms with Crippen LogP contribution in [-0.4, -0.2) is 26.0 Å². The monoisotopic (exact) mass is 444 g/mol. The predicted octanol–water partition coefficient (Wildman–Crippen LogP) is 3.08. The fraction of sp³-hybridized carbons (Fsp3) is 0.182. The van der Waals surface area contributed by atoms with Crippen molar-refractivity contribution in [2.75, 3.05) is 12.4 Å². The molecule has 0 radical (unpaired) electrons. The molecule has 1 aromatic heterocycles. The van der Waals surface area contributed by atoms with Crippen molar-refractivity contribution in [3.05, 3.63) is 82.0 Å². The van der Waals surface area contributed by atoms with Gasteiger partial charge in [-0.3, -0.25) is 9.59 Å². The first-order valence-corrected chi connectivity index (χ1v) is 10.8. The molecule has 9 heteroatoms. The number of carbonyl (C=O) groups excluding carboxylic acids is 1. The molecule has 2 aromatic carbocycles. The first-order valence-electron chi connectivity index (χ1n) is 9.29. The van der Waals surface area contributed by atoms with E-state index < -0.39 is 38.6 Å². The van der Waals surface area contributed by atoms with E-state index >= 15 is 0 Å². The molecule has 31 heavy (non-hydrogen) atoms. The molecule has 1 amide bonds. The molecule has 0 spiro atoms. The number of nitrogens with one attached hydrogen (secondary N) is 1. The number of aryl methyl sites for hydroxylation is 2. The second kappa shape index (κ2) is 8.73. The molecule has 0 unspecified atom stereocenters. The zero-order chi connectivity index (χ0) is 22.8. The summed E-state index contributed by atoms with van der Waals surface area (Å²) in [6.07, 6.45) is 0. The van der Waals surface area contributed by atoms with E-state index in [9.17, 15) is 22.4 Å². The van der Waals surface area contributed by atoms with Gasteiger partial charge in [-0.2, -0.15) is 0 Å². The molecule has 162 valence electrons. The Balaban J connectivity index is 2.00. The molecular weight excluding hydrogens is 423 g/mol. The van der Waals surface area contributed by atoms with Gasteiger partial charge < -0.3 is 14.6 Å². The van der Waals surface area contributed by atoms with Crippen LogP contribution >= 0.6 is 0 Å². The van der Waals surface area contributed by atoms with Crippen LogP contribution in [0.15, 0.2) is 69.2 Å². The maximum atomic E-state index is 13.8. The van der Waals surface area contributed by atoms with E-state index in [4.69, 9.17) is 4.74 Å². The number of halogens is 1. The number of amides is 1. The largest absolute Gasteiger partial charge is 0.497 e. The number of nitrogens with zero attached hydrogens (tertiary/aromatic N) is 1. The third-order valence-electron chi connectivity index (χ3n) is 4.74. The van der Waals surface area contributed by atoms with Crippen molar-refractivity contribution in [3.63, 3.8) is 0 Å². The summed E-state index contributed by atoms with van der Waals surface area (Å²) in [6, 6.07) is 12.8. The molecule has 1 N–H and O–H groups in total. The smallest absolute Gasteiger partial charge is 0.270 e. The van der Waals surface area contributed by atoms with E-state index in [1.807, 2.05) is 0 Å². The van der Waals surface area contributed by atoms with Gasteiger partial charge in [0.05, 0.1) is 17.7 Å². The molecule has 0 aliphatic carbocycles. The van der Waals surface area contributed by atoms with E-state index in [2.05, 4.69) is 5.32 Å². The second-order valence-electron chi connectivity index (χ2n) is 6.90. The first kappa shape index (κ1) is 22.2. The van der Waals surface area contributed by atoms with Gasteiger partial charge in [0.25, 0.3) is 5.56 Å². The number of sulfone groups is 1. The molecule has 0 saturated heterocycles. The molecular formula is C22H21FN2O5S. The van der Waals surface area contributed by atoms with Crippen molar-refractivity contribution in [3.8, 4) is 5.75 Å². The number of hydrogen-bond donors (Lipinski definition) is 1. The molecule has 0 fully saturated rings. The maximum absolute atomic E-state index is 13.8. The Bertz CT molecular complexity index is 1300. The minimum Gasteiger partial charge on any atom is -0.497 e. The lowest BCUT2D eigenvalue weighted by Crippen LogP contribution is -2.33. The predicted molar refractivity (Wildman–Crippen MR) is 114 cm³/mol. The second-order valence-corrected chi connectivity index (χ2v) is 8.78. The van der Waals surface area contributed by atoms with E-state index in [1.54, 1.807) is 13.0 Å². The molecule has 7 nitrogen and oxygen atoms in total. The molecule has 3 aromatic rings. The minimum atomic E-state index is -4.15. The quantitative estimate of drug-likeness (QED) is 0.631. The zero-order valence-corrected chi connectivity index (χ0v) is 18.0. The minimum absolute atomic E-state index is 0.0311. The van der Waals surface area contributed by atoms with Gasteiger partial charge in [0.15, 0.2) is 0 Å². The van der Waals surface area contributed by atoms with Crippen LogP contribution in [0.3, 0.4) is 0 Å². The Morgan fingerprint density at radius 2 is 1.74 bits per heavy atom. The first-order chi connectivity index (χ1) is 14.6. The highest BCUT2D eigenvalue weighted by atomic mass is 32.2. The standard InChI is InChI=1S/C22H21FN2O5S/c1-14-12-15(2)25(13-20(26)24-19-7-5-4-6-18(19)23)22(27)21(14)31(28,29)17-10-8-16(30-3)9-11-17/h4-12H,13H2,1-3H3,(H,24,26). The summed E-state index contributed by atoms with van der Waals surface area (Å²) in [5.74, 6) is -0.805. The van der Waals surface area contributed by atoms with Gasteiger partial charge in [0, 0.05) is 5.69 Å². The highest BCUT2D eigenvalue weighted by Gasteiger charge is 2.26. The number of methoxy groups -OCH3 is 1. The van der Waals surface area contributed by atoms with Crippen LogP contribution < -0.4 is 15.6 Å². The van der Waals surface area contributed by atoms with Gasteiger partial charge in [-0.05, 0) is 61.9 Å². The Hall–Kier alpha value is -3.46. The average molecular weight is 444 g/mol. The van der Waals surface area contributed by atoms with Crippen LogP contribution in [0.4, 0.5) is 10.1 Å². The maximum Gasteiger partial charge on any atom is 0.270 e. The third kappa shape index (κ3) is 4.51. The van der Waals surface area contributed by atoms with Crippen LogP contribution in [0.5, 0.6) is 5.75 Å². The summed E-state index contributed by atoms with van der Waals surface area (Å²) < 4.78 is 46.2. The van der Waals surface area contributed by atoms with E-state index in [0.29, 0.717) is 11.4 Å². The van der Waals surface area contributed by atoms with Crippen LogP contribution in [-0.2, 0) is 21.2 Å². The van der Waals surface area contributed by atoms with Crippen LogP contribution in [0, 0.1) is 19.7 Å². The molecule has 0 saturated carbocycles. The summed E-state index contributed by atoms with van der Waals surface area (Å²) in [6.45, 7) is 2.65. The number of rotatable bonds is 6. The van der Waals surface area contributed by atoms with Crippen LogP contribution in [0.25, 0.3) is 0 Å². The molecule has 3 rings (SSSR count). The normalized spacial score (nSPS) is 11.2. The van der Waals surface area contributed by atoms with E-state index in [1.165, 1.54) is 62.6 Å². The lowest BCUT2D eigenvalue weighted by Gasteiger charge is -2.15. The van der Waals surface area contributed by atoms with Crippen molar-refractivity contribution in [2.24, 2.45) is 0 Å². The van der Waals surface area contributed by atoms with Gasteiger partial charge in [-0.15, -0.1) is 0 Å². The molecule has 0 aliphatic heterocycles. The number of carbonyl (C=O) groups is 1. The van der Waals surface area contributed by atoms with Crippen molar-refractivity contribution in [1.82, 2.24) is 4.57 Å². The van der Waals surface area contributed by atoms with Crippen molar-refractivity contribution >= 4 is 21.4 Å². The van der Waals surface area contributed by atoms with Gasteiger partial charge in [0.2, 0.25) is 15.7 Å². The fourth-order valence-corrected chi connectivity index (χ4v) is 4.75. The number of ether oxygens (including phenoxy) is 1. The van der Waals surface area contributed by atoms with E-state index in [-0.39, 0.29) is 16.1 Å². The SMILES string of the molecule is COc1ccc(S(=O)(=O)c2c(C)cc(C)n(CC(=O)Nc3ccccc3F)c2=O)cc1. The summed E-state index contributed by atoms with van der Waals surface area (Å²) in [5.41, 5.74) is -0.183. The zero-order valence-electron chi connectivity index (χ0n) is 17.2. The molecule has 0 atom stereocenters.